The first-order chi connectivity index (χ1) is 14.3. The van der Waals surface area contributed by atoms with Gasteiger partial charge in [-0.15, -0.1) is 0 Å². The number of aryl methyl sites for hydroxylation is 1. The van der Waals surface area contributed by atoms with Crippen LogP contribution >= 0.6 is 0 Å². The summed E-state index contributed by atoms with van der Waals surface area (Å²) in [6.07, 6.45) is -2.20. The van der Waals surface area contributed by atoms with Gasteiger partial charge >= 0.3 is 5.69 Å². The van der Waals surface area contributed by atoms with Gasteiger partial charge in [-0.3, -0.25) is 19.1 Å². The molecule has 0 saturated carbocycles. The van der Waals surface area contributed by atoms with E-state index in [1.54, 1.807) is 38.1 Å². The summed E-state index contributed by atoms with van der Waals surface area (Å²) in [7, 11) is 0. The number of H-pyrrole nitrogens is 1. The second-order valence-electron chi connectivity index (χ2n) is 7.09. The van der Waals surface area contributed by atoms with Gasteiger partial charge in [0.2, 0.25) is 0 Å². The van der Waals surface area contributed by atoms with Crippen LogP contribution in [-0.2, 0) is 11.3 Å². The van der Waals surface area contributed by atoms with Crippen molar-refractivity contribution in [2.24, 2.45) is 0 Å². The molecule has 4 atom stereocenters. The van der Waals surface area contributed by atoms with E-state index in [2.05, 4.69) is 10.3 Å². The molecule has 162 valence electrons. The van der Waals surface area contributed by atoms with E-state index < -0.39 is 41.5 Å². The molecular formula is C20H25N3O7. The van der Waals surface area contributed by atoms with Crippen molar-refractivity contribution in [3.8, 4) is 5.75 Å². The molecule has 1 amide bonds. The molecular weight excluding hydrogens is 394 g/mol. The molecule has 4 N–H and O–H groups in total. The number of aliphatic hydroxyl groups is 2. The zero-order chi connectivity index (χ0) is 21.8. The Morgan fingerprint density at radius 1 is 1.30 bits per heavy atom. The number of amides is 1. The molecule has 2 heterocycles. The van der Waals surface area contributed by atoms with Crippen molar-refractivity contribution in [1.29, 1.82) is 0 Å². The van der Waals surface area contributed by atoms with Crippen LogP contribution in [0.3, 0.4) is 0 Å². The standard InChI is InChI=1S/C20H25N3O7/c1-3-29-14-7-5-4-6-12(14)19(27)21-13-10-30-15(17(25)16(13)24)9-23-8-11(2)18(26)22-20(23)28/h4-8,13,15-17,24-25H,3,9-10H2,1-2H3,(H,21,27)(H,22,26,28)/t13-,15-,16+,17-/m1/s1. The maximum absolute atomic E-state index is 12.6. The molecule has 30 heavy (non-hydrogen) atoms. The number of carbonyl (C=O) groups excluding carboxylic acids is 1. The van der Waals surface area contributed by atoms with Gasteiger partial charge < -0.3 is 25.0 Å². The number of nitrogens with one attached hydrogen (secondary N) is 2. The summed E-state index contributed by atoms with van der Waals surface area (Å²) in [5.41, 5.74) is -0.493. The number of aromatic amines is 1. The lowest BCUT2D eigenvalue weighted by molar-refractivity contribution is -0.152. The Bertz CT molecular complexity index is 1020. The van der Waals surface area contributed by atoms with Crippen LogP contribution in [0.5, 0.6) is 5.75 Å². The number of hydrogen-bond donors (Lipinski definition) is 4. The summed E-state index contributed by atoms with van der Waals surface area (Å²) in [6, 6.07) is 5.85. The van der Waals surface area contributed by atoms with Crippen LogP contribution in [0.1, 0.15) is 22.8 Å². The number of nitrogens with zero attached hydrogens (tertiary/aromatic N) is 1. The summed E-state index contributed by atoms with van der Waals surface area (Å²) in [5, 5.41) is 23.6. The number of carbonyl (C=O) groups is 1. The van der Waals surface area contributed by atoms with Crippen molar-refractivity contribution in [2.45, 2.75) is 44.7 Å². The monoisotopic (exact) mass is 419 g/mol. The molecule has 1 saturated heterocycles. The highest BCUT2D eigenvalue weighted by Crippen LogP contribution is 2.20. The third-order valence-corrected chi connectivity index (χ3v) is 4.95. The van der Waals surface area contributed by atoms with E-state index in [0.29, 0.717) is 23.5 Å². The van der Waals surface area contributed by atoms with E-state index in [-0.39, 0.29) is 13.2 Å². The summed E-state index contributed by atoms with van der Waals surface area (Å²) < 4.78 is 12.3. The smallest absolute Gasteiger partial charge is 0.328 e. The molecule has 0 bridgehead atoms. The van der Waals surface area contributed by atoms with Crippen molar-refractivity contribution in [3.05, 3.63) is 62.4 Å². The number of aliphatic hydroxyl groups excluding tert-OH is 2. The fourth-order valence-corrected chi connectivity index (χ4v) is 3.30. The molecule has 1 fully saturated rings. The van der Waals surface area contributed by atoms with Crippen LogP contribution in [0.2, 0.25) is 0 Å². The number of benzene rings is 1. The molecule has 2 aromatic rings. The molecule has 10 heteroatoms. The van der Waals surface area contributed by atoms with Crippen molar-refractivity contribution < 1.29 is 24.5 Å². The van der Waals surface area contributed by atoms with Crippen molar-refractivity contribution in [1.82, 2.24) is 14.9 Å². The normalized spacial score (nSPS) is 23.7. The molecule has 0 spiro atoms. The Balaban J connectivity index is 1.68. The highest BCUT2D eigenvalue weighted by molar-refractivity contribution is 5.97. The lowest BCUT2D eigenvalue weighted by atomic mass is 9.97. The summed E-state index contributed by atoms with van der Waals surface area (Å²) in [5.74, 6) is -0.0558. The quantitative estimate of drug-likeness (QED) is 0.478. The minimum atomic E-state index is -1.36. The lowest BCUT2D eigenvalue weighted by Gasteiger charge is -2.38. The molecule has 10 nitrogen and oxygen atoms in total. The second kappa shape index (κ2) is 9.24. The van der Waals surface area contributed by atoms with Gasteiger partial charge in [-0.2, -0.15) is 0 Å². The van der Waals surface area contributed by atoms with E-state index in [1.165, 1.54) is 10.8 Å². The summed E-state index contributed by atoms with van der Waals surface area (Å²) >= 11 is 0. The Hall–Kier alpha value is -2.95. The van der Waals surface area contributed by atoms with Crippen molar-refractivity contribution in [2.75, 3.05) is 13.2 Å². The molecule has 0 radical (unpaired) electrons. The minimum Gasteiger partial charge on any atom is -0.493 e. The first-order valence-electron chi connectivity index (χ1n) is 9.62. The van der Waals surface area contributed by atoms with Crippen LogP contribution in [-0.4, -0.2) is 63.2 Å². The second-order valence-corrected chi connectivity index (χ2v) is 7.09. The predicted octanol–water partition coefficient (Wildman–Crippen LogP) is -0.837. The van der Waals surface area contributed by atoms with Gasteiger partial charge in [-0.1, -0.05) is 12.1 Å². The van der Waals surface area contributed by atoms with Crippen LogP contribution in [0, 0.1) is 6.92 Å². The van der Waals surface area contributed by atoms with E-state index in [4.69, 9.17) is 9.47 Å². The molecule has 1 aliphatic rings. The number of aromatic nitrogens is 2. The van der Waals surface area contributed by atoms with Gasteiger partial charge in [0.15, 0.2) is 0 Å². The Morgan fingerprint density at radius 3 is 2.77 bits per heavy atom. The van der Waals surface area contributed by atoms with Crippen LogP contribution < -0.4 is 21.3 Å². The molecule has 0 unspecified atom stereocenters. The van der Waals surface area contributed by atoms with E-state index in [1.807, 2.05) is 0 Å². The maximum Gasteiger partial charge on any atom is 0.328 e. The molecule has 1 aliphatic heterocycles. The zero-order valence-electron chi connectivity index (χ0n) is 16.7. The first kappa shape index (κ1) is 21.8. The van der Waals surface area contributed by atoms with Gasteiger partial charge in [0.05, 0.1) is 31.4 Å². The Labute approximate surface area is 172 Å². The molecule has 0 aliphatic carbocycles. The summed E-state index contributed by atoms with van der Waals surface area (Å²) in [4.78, 5) is 38.2. The third-order valence-electron chi connectivity index (χ3n) is 4.95. The first-order valence-corrected chi connectivity index (χ1v) is 9.62. The highest BCUT2D eigenvalue weighted by atomic mass is 16.5. The van der Waals surface area contributed by atoms with E-state index >= 15 is 0 Å². The van der Waals surface area contributed by atoms with Crippen LogP contribution in [0.15, 0.2) is 40.1 Å². The number of ether oxygens (including phenoxy) is 2. The van der Waals surface area contributed by atoms with Crippen molar-refractivity contribution in [3.63, 3.8) is 0 Å². The van der Waals surface area contributed by atoms with Gasteiger partial charge in [-0.05, 0) is 26.0 Å². The maximum atomic E-state index is 12.6. The number of rotatable bonds is 6. The molecule has 3 rings (SSSR count). The van der Waals surface area contributed by atoms with Gasteiger partial charge in [0.1, 0.15) is 24.1 Å². The van der Waals surface area contributed by atoms with E-state index in [0.717, 1.165) is 0 Å². The number of para-hydroxylation sites is 1. The van der Waals surface area contributed by atoms with Gasteiger partial charge in [-0.25, -0.2) is 4.79 Å². The molecule has 1 aromatic heterocycles. The molecule has 1 aromatic carbocycles. The van der Waals surface area contributed by atoms with E-state index in [9.17, 15) is 24.6 Å². The third kappa shape index (κ3) is 4.61. The van der Waals surface area contributed by atoms with Crippen molar-refractivity contribution >= 4 is 5.91 Å². The largest absolute Gasteiger partial charge is 0.493 e. The van der Waals surface area contributed by atoms with Gasteiger partial charge in [0.25, 0.3) is 11.5 Å². The SMILES string of the molecule is CCOc1ccccc1C(=O)N[C@@H]1CO[C@H](Cn2cc(C)c(=O)[nH]c2=O)[C@@H](O)[C@H]1O. The van der Waals surface area contributed by atoms with Crippen LogP contribution in [0.4, 0.5) is 0 Å². The Morgan fingerprint density at radius 2 is 2.03 bits per heavy atom. The fourth-order valence-electron chi connectivity index (χ4n) is 3.30. The average molecular weight is 419 g/mol. The fraction of sp³-hybridized carbons (Fsp3) is 0.450. The van der Waals surface area contributed by atoms with Crippen LogP contribution in [0.25, 0.3) is 0 Å². The van der Waals surface area contributed by atoms with Gasteiger partial charge in [0, 0.05) is 11.8 Å². The Kier molecular flexibility index (Phi) is 6.70. The lowest BCUT2D eigenvalue weighted by Crippen LogP contribution is -2.60. The topological polar surface area (TPSA) is 143 Å². The zero-order valence-corrected chi connectivity index (χ0v) is 16.7. The average Bonchev–Trinajstić information content (AvgIpc) is 2.72. The number of hydrogen-bond acceptors (Lipinski definition) is 7. The minimum absolute atomic E-state index is 0.0669. The highest BCUT2D eigenvalue weighted by Gasteiger charge is 2.39. The predicted molar refractivity (Wildman–Crippen MR) is 107 cm³/mol. The summed E-state index contributed by atoms with van der Waals surface area (Å²) in [6.45, 7) is 3.61.